The fourth-order valence-electron chi connectivity index (χ4n) is 0.928. The molecule has 1 aromatic rings. The number of hydrogen-bond acceptors (Lipinski definition) is 4. The summed E-state index contributed by atoms with van der Waals surface area (Å²) < 4.78 is 0.709. The normalized spacial score (nSPS) is 11.9. The third kappa shape index (κ3) is 3.28. The van der Waals surface area contributed by atoms with Gasteiger partial charge in [0.2, 0.25) is 0 Å². The third-order valence-corrected chi connectivity index (χ3v) is 2.22. The summed E-state index contributed by atoms with van der Waals surface area (Å²) in [4.78, 5) is 25.8. The highest BCUT2D eigenvalue weighted by atomic mass is 79.9. The number of aliphatic hydroxyl groups is 1. The molecule has 3 N–H and O–H groups in total. The third-order valence-electron chi connectivity index (χ3n) is 1.75. The number of aliphatic hydroxyl groups excluding tert-OH is 1. The molecule has 0 saturated heterocycles. The van der Waals surface area contributed by atoms with Crippen molar-refractivity contribution in [2.75, 3.05) is 6.61 Å². The number of amides is 1. The molecule has 1 aromatic heterocycles. The number of aliphatic carboxylic acids is 1. The summed E-state index contributed by atoms with van der Waals surface area (Å²) >= 11 is 3.15. The number of halogens is 1. The maximum atomic E-state index is 11.5. The van der Waals surface area contributed by atoms with E-state index in [2.05, 4.69) is 26.2 Å². The van der Waals surface area contributed by atoms with Gasteiger partial charge in [-0.1, -0.05) is 0 Å². The van der Waals surface area contributed by atoms with Gasteiger partial charge in [-0.2, -0.15) is 0 Å². The van der Waals surface area contributed by atoms with Gasteiger partial charge in [0, 0.05) is 10.7 Å². The van der Waals surface area contributed by atoms with Crippen molar-refractivity contribution in [1.82, 2.24) is 10.3 Å². The largest absolute Gasteiger partial charge is 0.480 e. The van der Waals surface area contributed by atoms with Crippen LogP contribution < -0.4 is 5.32 Å². The second-order valence-corrected chi connectivity index (χ2v) is 3.82. The first-order valence-electron chi connectivity index (χ1n) is 4.30. The highest BCUT2D eigenvalue weighted by molar-refractivity contribution is 9.10. The molecule has 1 atom stereocenters. The van der Waals surface area contributed by atoms with E-state index >= 15 is 0 Å². The summed E-state index contributed by atoms with van der Waals surface area (Å²) in [5.41, 5.74) is 0.0860. The Balaban J connectivity index is 2.71. The molecule has 1 heterocycles. The Hall–Kier alpha value is -1.47. The Bertz CT molecular complexity index is 393. The number of carboxylic acid groups (broad SMARTS) is 1. The molecule has 0 fully saturated rings. The van der Waals surface area contributed by atoms with E-state index in [4.69, 9.17) is 10.2 Å². The number of aromatic nitrogens is 1. The van der Waals surface area contributed by atoms with E-state index in [1.165, 1.54) is 12.3 Å². The molecule has 1 amide bonds. The van der Waals surface area contributed by atoms with Crippen molar-refractivity contribution in [1.29, 1.82) is 0 Å². The lowest BCUT2D eigenvalue weighted by Crippen LogP contribution is -2.43. The zero-order valence-corrected chi connectivity index (χ0v) is 9.64. The number of carboxylic acids is 1. The Kier molecular flexibility index (Phi) is 4.39. The lowest BCUT2D eigenvalue weighted by molar-refractivity contribution is -0.140. The molecule has 0 aliphatic carbocycles. The summed E-state index contributed by atoms with van der Waals surface area (Å²) in [5, 5.41) is 19.5. The monoisotopic (exact) mass is 288 g/mol. The summed E-state index contributed by atoms with van der Waals surface area (Å²) in [6.07, 6.45) is 1.42. The number of carbonyl (C=O) groups is 2. The van der Waals surface area contributed by atoms with E-state index in [1.54, 1.807) is 6.07 Å². The average molecular weight is 289 g/mol. The second kappa shape index (κ2) is 5.57. The molecule has 0 radical (unpaired) electrons. The van der Waals surface area contributed by atoms with Gasteiger partial charge in [-0.15, -0.1) is 0 Å². The van der Waals surface area contributed by atoms with E-state index in [1.807, 2.05) is 0 Å². The minimum atomic E-state index is -1.32. The van der Waals surface area contributed by atoms with Crippen molar-refractivity contribution in [2.45, 2.75) is 6.04 Å². The Morgan fingerprint density at radius 2 is 2.19 bits per heavy atom. The van der Waals surface area contributed by atoms with Gasteiger partial charge in [-0.3, -0.25) is 4.79 Å². The average Bonchev–Trinajstić information content (AvgIpc) is 2.26. The fourth-order valence-corrected chi connectivity index (χ4v) is 1.16. The van der Waals surface area contributed by atoms with Crippen molar-refractivity contribution >= 4 is 27.8 Å². The molecule has 0 aliphatic rings. The second-order valence-electron chi connectivity index (χ2n) is 2.91. The van der Waals surface area contributed by atoms with Crippen molar-refractivity contribution in [3.63, 3.8) is 0 Å². The highest BCUT2D eigenvalue weighted by Crippen LogP contribution is 2.07. The Labute approximate surface area is 99.4 Å². The molecule has 0 aromatic carbocycles. The molecule has 0 bridgehead atoms. The van der Waals surface area contributed by atoms with Gasteiger partial charge in [0.25, 0.3) is 5.91 Å². The van der Waals surface area contributed by atoms with Crippen LogP contribution >= 0.6 is 15.9 Å². The quantitative estimate of drug-likeness (QED) is 0.725. The minimum Gasteiger partial charge on any atom is -0.480 e. The van der Waals surface area contributed by atoms with Gasteiger partial charge in [-0.25, -0.2) is 9.78 Å². The van der Waals surface area contributed by atoms with Gasteiger partial charge >= 0.3 is 5.97 Å². The molecule has 0 aliphatic heterocycles. The van der Waals surface area contributed by atoms with Crippen LogP contribution in [0.25, 0.3) is 0 Å². The number of nitrogens with one attached hydrogen (secondary N) is 1. The lowest BCUT2D eigenvalue weighted by atomic mass is 10.3. The minimum absolute atomic E-state index is 0.0860. The molecular weight excluding hydrogens is 280 g/mol. The topological polar surface area (TPSA) is 99.5 Å². The molecule has 0 unspecified atom stereocenters. The number of pyridine rings is 1. The van der Waals surface area contributed by atoms with Crippen LogP contribution in [0.4, 0.5) is 0 Å². The van der Waals surface area contributed by atoms with Crippen LogP contribution in [-0.2, 0) is 4.79 Å². The summed E-state index contributed by atoms with van der Waals surface area (Å²) in [6, 6.07) is 1.73. The number of nitrogens with zero attached hydrogens (tertiary/aromatic N) is 1. The summed E-state index contributed by atoms with van der Waals surface area (Å²) in [6.45, 7) is -0.669. The molecule has 86 valence electrons. The summed E-state index contributed by atoms with van der Waals surface area (Å²) in [5.74, 6) is -1.94. The molecule has 16 heavy (non-hydrogen) atoms. The van der Waals surface area contributed by atoms with Crippen LogP contribution in [0, 0.1) is 0 Å². The van der Waals surface area contributed by atoms with Gasteiger partial charge in [0.05, 0.1) is 6.61 Å². The molecule has 7 heteroatoms. The van der Waals surface area contributed by atoms with Crippen LogP contribution in [0.15, 0.2) is 22.8 Å². The maximum Gasteiger partial charge on any atom is 0.328 e. The molecule has 1 rings (SSSR count). The number of rotatable bonds is 4. The van der Waals surface area contributed by atoms with Gasteiger partial charge in [0.1, 0.15) is 5.69 Å². The van der Waals surface area contributed by atoms with Gasteiger partial charge in [0.15, 0.2) is 6.04 Å². The van der Waals surface area contributed by atoms with Gasteiger partial charge in [-0.05, 0) is 28.1 Å². The van der Waals surface area contributed by atoms with Crippen LogP contribution in [0.2, 0.25) is 0 Å². The predicted molar refractivity (Wildman–Crippen MR) is 57.9 cm³/mol. The van der Waals surface area contributed by atoms with Crippen LogP contribution in [0.1, 0.15) is 10.5 Å². The van der Waals surface area contributed by atoms with Crippen molar-refractivity contribution in [3.8, 4) is 0 Å². The predicted octanol–water partition coefficient (Wildman–Crippen LogP) is 0.0194. The molecular formula is C9H9BrN2O4. The van der Waals surface area contributed by atoms with E-state index in [9.17, 15) is 9.59 Å². The van der Waals surface area contributed by atoms with Crippen molar-refractivity contribution in [2.24, 2.45) is 0 Å². The van der Waals surface area contributed by atoms with Gasteiger partial charge < -0.3 is 15.5 Å². The molecule has 0 spiro atoms. The smallest absolute Gasteiger partial charge is 0.328 e. The van der Waals surface area contributed by atoms with Crippen molar-refractivity contribution < 1.29 is 19.8 Å². The summed E-state index contributed by atoms with van der Waals surface area (Å²) in [7, 11) is 0. The van der Waals surface area contributed by atoms with Crippen LogP contribution in [-0.4, -0.2) is 39.7 Å². The van der Waals surface area contributed by atoms with E-state index in [-0.39, 0.29) is 5.69 Å². The number of hydrogen-bond donors (Lipinski definition) is 3. The number of carbonyl (C=O) groups excluding carboxylic acids is 1. The Morgan fingerprint density at radius 1 is 1.50 bits per heavy atom. The standard InChI is InChI=1S/C9H9BrN2O4/c10-5-1-2-6(11-3-5)8(14)12-7(4-13)9(15)16/h1-3,7,13H,4H2,(H,12,14)(H,15,16)/t7-/m1/s1. The van der Waals surface area contributed by atoms with E-state index in [0.29, 0.717) is 4.47 Å². The lowest BCUT2D eigenvalue weighted by Gasteiger charge is -2.10. The molecule has 0 saturated carbocycles. The highest BCUT2D eigenvalue weighted by Gasteiger charge is 2.19. The van der Waals surface area contributed by atoms with Crippen LogP contribution in [0.3, 0.4) is 0 Å². The SMILES string of the molecule is O=C(N[C@H](CO)C(=O)O)c1ccc(Br)cn1. The first-order valence-corrected chi connectivity index (χ1v) is 5.10. The zero-order valence-electron chi connectivity index (χ0n) is 8.05. The first-order chi connectivity index (χ1) is 7.54. The van der Waals surface area contributed by atoms with Crippen molar-refractivity contribution in [3.05, 3.63) is 28.5 Å². The molecule has 6 nitrogen and oxygen atoms in total. The first kappa shape index (κ1) is 12.6. The maximum absolute atomic E-state index is 11.5. The van der Waals surface area contributed by atoms with E-state index in [0.717, 1.165) is 0 Å². The van der Waals surface area contributed by atoms with Crippen LogP contribution in [0.5, 0.6) is 0 Å². The fraction of sp³-hybridized carbons (Fsp3) is 0.222. The van der Waals surface area contributed by atoms with E-state index < -0.39 is 24.5 Å². The zero-order chi connectivity index (χ0) is 12.1. The Morgan fingerprint density at radius 3 is 2.62 bits per heavy atom.